The maximum Gasteiger partial charge on any atom is 0.242 e. The van der Waals surface area contributed by atoms with Crippen LogP contribution in [0.15, 0.2) is 23.2 Å². The Morgan fingerprint density at radius 3 is 2.60 bits per heavy atom. The number of hydrogen-bond donors (Lipinski definition) is 2. The van der Waals surface area contributed by atoms with E-state index in [9.17, 15) is 8.42 Å². The van der Waals surface area contributed by atoms with E-state index in [1.165, 1.54) is 18.3 Å². The SMILES string of the molecule is CC(C)CNS(=O)(=O)c1ccc(N)nc1. The van der Waals surface area contributed by atoms with Crippen LogP contribution < -0.4 is 10.5 Å². The second kappa shape index (κ2) is 4.59. The van der Waals surface area contributed by atoms with Crippen molar-refractivity contribution in [3.8, 4) is 0 Å². The molecule has 1 heterocycles. The molecule has 0 atom stereocenters. The van der Waals surface area contributed by atoms with Crippen LogP contribution in [0.2, 0.25) is 0 Å². The molecule has 1 aromatic rings. The monoisotopic (exact) mass is 229 g/mol. The summed E-state index contributed by atoms with van der Waals surface area (Å²) in [6.45, 7) is 4.28. The maximum absolute atomic E-state index is 11.7. The maximum atomic E-state index is 11.7. The van der Waals surface area contributed by atoms with Crippen LogP contribution in [0.5, 0.6) is 0 Å². The third-order valence-corrected chi connectivity index (χ3v) is 3.16. The van der Waals surface area contributed by atoms with Crippen molar-refractivity contribution in [1.82, 2.24) is 9.71 Å². The molecule has 0 saturated carbocycles. The Balaban J connectivity index is 2.82. The smallest absolute Gasteiger partial charge is 0.242 e. The Hall–Kier alpha value is -1.14. The summed E-state index contributed by atoms with van der Waals surface area (Å²) in [6.07, 6.45) is 1.25. The Morgan fingerprint density at radius 1 is 1.47 bits per heavy atom. The summed E-state index contributed by atoms with van der Waals surface area (Å²) in [5.41, 5.74) is 5.37. The number of hydrogen-bond acceptors (Lipinski definition) is 4. The fourth-order valence-electron chi connectivity index (χ4n) is 0.910. The molecular weight excluding hydrogens is 214 g/mol. The second-order valence-corrected chi connectivity index (χ2v) is 5.43. The highest BCUT2D eigenvalue weighted by atomic mass is 32.2. The molecule has 0 amide bonds. The fraction of sp³-hybridized carbons (Fsp3) is 0.444. The average molecular weight is 229 g/mol. The summed E-state index contributed by atoms with van der Waals surface area (Å²) >= 11 is 0. The van der Waals surface area contributed by atoms with Gasteiger partial charge in [-0.1, -0.05) is 13.8 Å². The Morgan fingerprint density at radius 2 is 2.13 bits per heavy atom. The van der Waals surface area contributed by atoms with Crippen LogP contribution in [0, 0.1) is 5.92 Å². The van der Waals surface area contributed by atoms with Crippen LogP contribution in [0.3, 0.4) is 0 Å². The summed E-state index contributed by atoms with van der Waals surface area (Å²) in [6, 6.07) is 2.90. The minimum Gasteiger partial charge on any atom is -0.384 e. The van der Waals surface area contributed by atoms with Crippen molar-refractivity contribution in [1.29, 1.82) is 0 Å². The van der Waals surface area contributed by atoms with Gasteiger partial charge in [0.05, 0.1) is 0 Å². The van der Waals surface area contributed by atoms with Crippen LogP contribution >= 0.6 is 0 Å². The number of nitrogen functional groups attached to an aromatic ring is 1. The molecule has 3 N–H and O–H groups in total. The van der Waals surface area contributed by atoms with Gasteiger partial charge in [0.1, 0.15) is 10.7 Å². The van der Waals surface area contributed by atoms with Gasteiger partial charge >= 0.3 is 0 Å². The summed E-state index contributed by atoms with van der Waals surface area (Å²) in [5, 5.41) is 0. The summed E-state index contributed by atoms with van der Waals surface area (Å²) in [5.74, 6) is 0.569. The van der Waals surface area contributed by atoms with Crippen molar-refractivity contribution in [2.24, 2.45) is 5.92 Å². The predicted molar refractivity (Wildman–Crippen MR) is 58.7 cm³/mol. The van der Waals surface area contributed by atoms with Crippen LogP contribution in [-0.4, -0.2) is 19.9 Å². The number of sulfonamides is 1. The quantitative estimate of drug-likeness (QED) is 0.791. The van der Waals surface area contributed by atoms with Crippen molar-refractivity contribution in [3.63, 3.8) is 0 Å². The third-order valence-electron chi connectivity index (χ3n) is 1.75. The Labute approximate surface area is 89.8 Å². The lowest BCUT2D eigenvalue weighted by molar-refractivity contribution is 0.560. The third kappa shape index (κ3) is 3.49. The van der Waals surface area contributed by atoms with E-state index in [4.69, 9.17) is 5.73 Å². The molecule has 0 radical (unpaired) electrons. The van der Waals surface area contributed by atoms with Gasteiger partial charge in [-0.3, -0.25) is 0 Å². The van der Waals surface area contributed by atoms with Crippen molar-refractivity contribution >= 4 is 15.8 Å². The van der Waals surface area contributed by atoms with E-state index >= 15 is 0 Å². The van der Waals surface area contributed by atoms with E-state index in [-0.39, 0.29) is 10.8 Å². The first-order valence-electron chi connectivity index (χ1n) is 4.63. The zero-order chi connectivity index (χ0) is 11.5. The highest BCUT2D eigenvalue weighted by molar-refractivity contribution is 7.89. The zero-order valence-electron chi connectivity index (χ0n) is 8.77. The van der Waals surface area contributed by atoms with E-state index < -0.39 is 10.0 Å². The van der Waals surface area contributed by atoms with Gasteiger partial charge in [-0.05, 0) is 18.1 Å². The first-order valence-corrected chi connectivity index (χ1v) is 6.11. The molecular formula is C9H15N3O2S. The van der Waals surface area contributed by atoms with E-state index in [1.54, 1.807) is 0 Å². The molecule has 0 aliphatic heterocycles. The van der Waals surface area contributed by atoms with Crippen LogP contribution in [0.4, 0.5) is 5.82 Å². The summed E-state index contributed by atoms with van der Waals surface area (Å²) in [7, 11) is -3.44. The summed E-state index contributed by atoms with van der Waals surface area (Å²) in [4.78, 5) is 3.87. The average Bonchev–Trinajstić information content (AvgIpc) is 2.16. The van der Waals surface area contributed by atoms with Gasteiger partial charge in [-0.2, -0.15) is 0 Å². The largest absolute Gasteiger partial charge is 0.384 e. The van der Waals surface area contributed by atoms with Crippen LogP contribution in [-0.2, 0) is 10.0 Å². The number of nitrogens with one attached hydrogen (secondary N) is 1. The van der Waals surface area contributed by atoms with Gasteiger partial charge in [0.25, 0.3) is 0 Å². The molecule has 6 heteroatoms. The second-order valence-electron chi connectivity index (χ2n) is 3.66. The standard InChI is InChI=1S/C9H15N3O2S/c1-7(2)5-12-15(13,14)8-3-4-9(10)11-6-8/h3-4,6-7,12H,5H2,1-2H3,(H2,10,11). The minimum atomic E-state index is -3.44. The van der Waals surface area contributed by atoms with E-state index in [1.807, 2.05) is 13.8 Å². The van der Waals surface area contributed by atoms with Gasteiger partial charge in [0, 0.05) is 12.7 Å². The molecule has 84 valence electrons. The highest BCUT2D eigenvalue weighted by Gasteiger charge is 2.13. The van der Waals surface area contributed by atoms with Gasteiger partial charge in [-0.15, -0.1) is 0 Å². The zero-order valence-corrected chi connectivity index (χ0v) is 9.58. The molecule has 0 aliphatic carbocycles. The molecule has 0 unspecified atom stereocenters. The number of nitrogens with zero attached hydrogens (tertiary/aromatic N) is 1. The topological polar surface area (TPSA) is 85.1 Å². The number of rotatable bonds is 4. The summed E-state index contributed by atoms with van der Waals surface area (Å²) < 4.78 is 25.8. The number of anilines is 1. The lowest BCUT2D eigenvalue weighted by atomic mass is 10.2. The molecule has 0 spiro atoms. The van der Waals surface area contributed by atoms with Crippen molar-refractivity contribution < 1.29 is 8.42 Å². The minimum absolute atomic E-state index is 0.136. The Kier molecular flexibility index (Phi) is 3.65. The molecule has 0 aliphatic rings. The Bertz CT molecular complexity index is 411. The van der Waals surface area contributed by atoms with Gasteiger partial charge in [0.15, 0.2) is 0 Å². The molecule has 0 aromatic carbocycles. The molecule has 0 fully saturated rings. The fourth-order valence-corrected chi connectivity index (χ4v) is 2.07. The lowest BCUT2D eigenvalue weighted by Crippen LogP contribution is -2.27. The number of nitrogens with two attached hydrogens (primary N) is 1. The van der Waals surface area contributed by atoms with Gasteiger partial charge in [0.2, 0.25) is 10.0 Å². The normalized spacial score (nSPS) is 11.9. The van der Waals surface area contributed by atoms with Crippen molar-refractivity contribution in [2.45, 2.75) is 18.7 Å². The van der Waals surface area contributed by atoms with E-state index in [0.29, 0.717) is 12.4 Å². The molecule has 1 rings (SSSR count). The van der Waals surface area contributed by atoms with E-state index in [2.05, 4.69) is 9.71 Å². The first kappa shape index (κ1) is 11.9. The molecule has 5 nitrogen and oxygen atoms in total. The molecule has 0 bridgehead atoms. The highest BCUT2D eigenvalue weighted by Crippen LogP contribution is 2.08. The number of pyridine rings is 1. The van der Waals surface area contributed by atoms with Crippen LogP contribution in [0.25, 0.3) is 0 Å². The van der Waals surface area contributed by atoms with Crippen LogP contribution in [0.1, 0.15) is 13.8 Å². The number of aromatic nitrogens is 1. The van der Waals surface area contributed by atoms with Gasteiger partial charge < -0.3 is 5.73 Å². The molecule has 0 saturated heterocycles. The van der Waals surface area contributed by atoms with Crippen molar-refractivity contribution in [2.75, 3.05) is 12.3 Å². The van der Waals surface area contributed by atoms with Crippen molar-refractivity contribution in [3.05, 3.63) is 18.3 Å². The predicted octanol–water partition coefficient (Wildman–Crippen LogP) is 0.598. The van der Waals surface area contributed by atoms with Gasteiger partial charge in [-0.25, -0.2) is 18.1 Å². The lowest BCUT2D eigenvalue weighted by Gasteiger charge is -2.08. The van der Waals surface area contributed by atoms with E-state index in [0.717, 1.165) is 0 Å². The molecule has 15 heavy (non-hydrogen) atoms. The molecule has 1 aromatic heterocycles. The first-order chi connectivity index (χ1) is 6.92.